The van der Waals surface area contributed by atoms with Gasteiger partial charge in [0.05, 0.1) is 6.54 Å². The van der Waals surface area contributed by atoms with Crippen LogP contribution in [0, 0.1) is 5.92 Å². The van der Waals surface area contributed by atoms with Gasteiger partial charge >= 0.3 is 12.1 Å². The predicted molar refractivity (Wildman–Crippen MR) is 116 cm³/mol. The second-order valence-electron chi connectivity index (χ2n) is 8.51. The van der Waals surface area contributed by atoms with Crippen LogP contribution in [-0.2, 0) is 20.7 Å². The highest BCUT2D eigenvalue weighted by atomic mass is 16.6. The van der Waals surface area contributed by atoms with Crippen LogP contribution in [0.5, 0.6) is 5.75 Å². The highest BCUT2D eigenvalue weighted by Crippen LogP contribution is 2.28. The maximum absolute atomic E-state index is 12.7. The minimum atomic E-state index is -0.960. The van der Waals surface area contributed by atoms with E-state index in [1.54, 1.807) is 11.8 Å². The van der Waals surface area contributed by atoms with Crippen molar-refractivity contribution in [1.82, 2.24) is 4.90 Å². The summed E-state index contributed by atoms with van der Waals surface area (Å²) in [5, 5.41) is 9.22. The summed E-state index contributed by atoms with van der Waals surface area (Å²) < 4.78 is 16.8. The van der Waals surface area contributed by atoms with Gasteiger partial charge in [0.2, 0.25) is 0 Å². The Morgan fingerprint density at radius 2 is 1.81 bits per heavy atom. The van der Waals surface area contributed by atoms with Crippen LogP contribution in [0.15, 0.2) is 24.3 Å². The van der Waals surface area contributed by atoms with Crippen molar-refractivity contribution >= 4 is 12.1 Å². The molecule has 172 valence electrons. The molecule has 0 heterocycles. The molecule has 1 N–H and O–H groups in total. The third-order valence-electron chi connectivity index (χ3n) is 6.15. The molecule has 0 bridgehead atoms. The highest BCUT2D eigenvalue weighted by Gasteiger charge is 2.27. The van der Waals surface area contributed by atoms with Gasteiger partial charge in [-0.1, -0.05) is 18.6 Å². The zero-order chi connectivity index (χ0) is 22.1. The van der Waals surface area contributed by atoms with Crippen molar-refractivity contribution in [3.63, 3.8) is 0 Å². The summed E-state index contributed by atoms with van der Waals surface area (Å²) in [5.41, 5.74) is 0.875. The lowest BCUT2D eigenvalue weighted by Gasteiger charge is -2.32. The normalized spacial score (nSPS) is 17.7. The highest BCUT2D eigenvalue weighted by molar-refractivity contribution is 5.72. The first-order chi connectivity index (χ1) is 15.0. The minimum absolute atomic E-state index is 0.0659. The lowest BCUT2D eigenvalue weighted by molar-refractivity contribution is -0.149. The summed E-state index contributed by atoms with van der Waals surface area (Å²) in [5.74, 6) is 0.306. The molecular weight excluding hydrogens is 398 g/mol. The Bertz CT molecular complexity index is 697. The van der Waals surface area contributed by atoms with Gasteiger partial charge in [0, 0.05) is 19.6 Å². The lowest BCUT2D eigenvalue weighted by Crippen LogP contribution is -2.41. The number of rotatable bonds is 12. The van der Waals surface area contributed by atoms with Gasteiger partial charge in [-0.2, -0.15) is 0 Å². The molecule has 31 heavy (non-hydrogen) atoms. The summed E-state index contributed by atoms with van der Waals surface area (Å²) in [6.07, 6.45) is 7.12. The van der Waals surface area contributed by atoms with Crippen molar-refractivity contribution in [3.8, 4) is 5.75 Å². The fraction of sp³-hybridized carbons (Fsp3) is 0.667. The molecule has 0 radical (unpaired) electrons. The van der Waals surface area contributed by atoms with Gasteiger partial charge in [-0.25, -0.2) is 9.59 Å². The van der Waals surface area contributed by atoms with E-state index in [-0.39, 0.29) is 12.2 Å². The van der Waals surface area contributed by atoms with Gasteiger partial charge in [0.15, 0.2) is 6.10 Å². The van der Waals surface area contributed by atoms with Gasteiger partial charge in [0.25, 0.3) is 0 Å². The SMILES string of the molecule is CCOC(Cc1ccc(OCCN(CC2CCC2)C(=O)OC2CCCC2)cc1)C(=O)O. The van der Waals surface area contributed by atoms with E-state index in [0.717, 1.165) is 37.8 Å². The summed E-state index contributed by atoms with van der Waals surface area (Å²) in [4.78, 5) is 25.7. The largest absolute Gasteiger partial charge is 0.492 e. The maximum atomic E-state index is 12.7. The molecule has 2 saturated carbocycles. The number of carbonyl (C=O) groups excluding carboxylic acids is 1. The van der Waals surface area contributed by atoms with E-state index in [0.29, 0.717) is 37.8 Å². The quantitative estimate of drug-likeness (QED) is 0.530. The predicted octanol–water partition coefficient (Wildman–Crippen LogP) is 4.28. The number of carboxylic acids is 1. The number of amides is 1. The number of carbonyl (C=O) groups is 2. The fourth-order valence-electron chi connectivity index (χ4n) is 4.10. The standard InChI is InChI=1S/C24H35NO6/c1-2-29-22(23(26)27)16-18-10-12-20(13-11-18)30-15-14-25(17-19-6-5-7-19)24(28)31-21-8-3-4-9-21/h10-13,19,21-22H,2-9,14-17H2,1H3,(H,26,27). The molecule has 0 aromatic heterocycles. The van der Waals surface area contributed by atoms with Gasteiger partial charge in [-0.15, -0.1) is 0 Å². The van der Waals surface area contributed by atoms with Crippen LogP contribution < -0.4 is 4.74 Å². The first kappa shape index (κ1) is 23.4. The Morgan fingerprint density at radius 1 is 1.10 bits per heavy atom. The van der Waals surface area contributed by atoms with Crippen molar-refractivity contribution in [2.75, 3.05) is 26.3 Å². The van der Waals surface area contributed by atoms with Crippen molar-refractivity contribution < 1.29 is 28.9 Å². The van der Waals surface area contributed by atoms with Gasteiger partial charge in [0.1, 0.15) is 18.5 Å². The Hall–Kier alpha value is -2.28. The number of carboxylic acid groups (broad SMARTS) is 1. The Morgan fingerprint density at radius 3 is 2.39 bits per heavy atom. The first-order valence-electron chi connectivity index (χ1n) is 11.6. The maximum Gasteiger partial charge on any atom is 0.410 e. The summed E-state index contributed by atoms with van der Waals surface area (Å²) >= 11 is 0. The van der Waals surface area contributed by atoms with Crippen molar-refractivity contribution in [3.05, 3.63) is 29.8 Å². The van der Waals surface area contributed by atoms with E-state index in [1.807, 2.05) is 24.3 Å². The van der Waals surface area contributed by atoms with Crippen LogP contribution in [0.3, 0.4) is 0 Å². The Kier molecular flexibility index (Phi) is 9.00. The lowest BCUT2D eigenvalue weighted by atomic mass is 9.85. The van der Waals surface area contributed by atoms with Crippen LogP contribution in [0.25, 0.3) is 0 Å². The topological polar surface area (TPSA) is 85.3 Å². The molecule has 0 saturated heterocycles. The monoisotopic (exact) mass is 433 g/mol. The molecule has 7 heteroatoms. The Labute approximate surface area is 184 Å². The van der Waals surface area contributed by atoms with E-state index >= 15 is 0 Å². The molecule has 0 aliphatic heterocycles. The summed E-state index contributed by atoms with van der Waals surface area (Å²) in [6.45, 7) is 3.77. The van der Waals surface area contributed by atoms with Crippen molar-refractivity contribution in [2.45, 2.75) is 70.5 Å². The second-order valence-corrected chi connectivity index (χ2v) is 8.51. The molecule has 1 unspecified atom stereocenters. The number of hydrogen-bond acceptors (Lipinski definition) is 5. The van der Waals surface area contributed by atoms with Crippen LogP contribution in [0.1, 0.15) is 57.4 Å². The van der Waals surface area contributed by atoms with E-state index in [1.165, 1.54) is 19.3 Å². The number of nitrogens with zero attached hydrogens (tertiary/aromatic N) is 1. The summed E-state index contributed by atoms with van der Waals surface area (Å²) in [7, 11) is 0. The zero-order valence-electron chi connectivity index (χ0n) is 18.5. The third kappa shape index (κ3) is 7.42. The van der Waals surface area contributed by atoms with Crippen LogP contribution in [0.4, 0.5) is 4.79 Å². The number of benzene rings is 1. The molecule has 1 aromatic carbocycles. The van der Waals surface area contributed by atoms with Crippen molar-refractivity contribution in [2.24, 2.45) is 5.92 Å². The van der Waals surface area contributed by atoms with Gasteiger partial charge in [-0.3, -0.25) is 0 Å². The number of aliphatic carboxylic acids is 1. The molecule has 2 aliphatic rings. The molecule has 3 rings (SSSR count). The van der Waals surface area contributed by atoms with Crippen LogP contribution >= 0.6 is 0 Å². The van der Waals surface area contributed by atoms with Crippen LogP contribution in [-0.4, -0.2) is 60.6 Å². The molecule has 2 fully saturated rings. The van der Waals surface area contributed by atoms with Crippen molar-refractivity contribution in [1.29, 1.82) is 0 Å². The minimum Gasteiger partial charge on any atom is -0.492 e. The second kappa shape index (κ2) is 11.9. The molecule has 0 spiro atoms. The van der Waals surface area contributed by atoms with E-state index in [9.17, 15) is 14.7 Å². The molecule has 1 atom stereocenters. The summed E-state index contributed by atoms with van der Waals surface area (Å²) in [6, 6.07) is 7.36. The third-order valence-corrected chi connectivity index (χ3v) is 6.15. The molecule has 2 aliphatic carbocycles. The average Bonchev–Trinajstić information content (AvgIpc) is 3.22. The van der Waals surface area contributed by atoms with Gasteiger partial charge in [-0.05, 0) is 69.1 Å². The van der Waals surface area contributed by atoms with Crippen LogP contribution in [0.2, 0.25) is 0 Å². The number of ether oxygens (including phenoxy) is 3. The molecule has 1 amide bonds. The molecular formula is C24H35NO6. The number of hydrogen-bond donors (Lipinski definition) is 1. The van der Waals surface area contributed by atoms with E-state index < -0.39 is 12.1 Å². The smallest absolute Gasteiger partial charge is 0.410 e. The average molecular weight is 434 g/mol. The molecule has 7 nitrogen and oxygen atoms in total. The zero-order valence-corrected chi connectivity index (χ0v) is 18.5. The van der Waals surface area contributed by atoms with E-state index in [4.69, 9.17) is 14.2 Å². The fourth-order valence-corrected chi connectivity index (χ4v) is 4.10. The first-order valence-corrected chi connectivity index (χ1v) is 11.6. The van der Waals surface area contributed by atoms with Gasteiger partial charge < -0.3 is 24.2 Å². The van der Waals surface area contributed by atoms with E-state index in [2.05, 4.69) is 0 Å². The Balaban J connectivity index is 1.47. The molecule has 1 aromatic rings.